The molecule has 1 aliphatic heterocycles. The highest BCUT2D eigenvalue weighted by Crippen LogP contribution is 2.55. The number of nitrogens with two attached hydrogens (primary N) is 1. The topological polar surface area (TPSA) is 35.2 Å². The van der Waals surface area contributed by atoms with Crippen LogP contribution in [0.15, 0.2) is 0 Å². The van der Waals surface area contributed by atoms with Gasteiger partial charge in [-0.15, -0.1) is 0 Å². The van der Waals surface area contributed by atoms with E-state index < -0.39 is 0 Å². The molecule has 8 heavy (non-hydrogen) atoms. The number of ether oxygens (including phenoxy) is 1. The van der Waals surface area contributed by atoms with Crippen LogP contribution in [0, 0.1) is 11.3 Å². The van der Waals surface area contributed by atoms with Gasteiger partial charge in [0.15, 0.2) is 0 Å². The van der Waals surface area contributed by atoms with E-state index in [1.54, 1.807) is 0 Å². The van der Waals surface area contributed by atoms with Gasteiger partial charge in [0.25, 0.3) is 0 Å². The van der Waals surface area contributed by atoms with Gasteiger partial charge in [0.05, 0.1) is 13.2 Å². The third-order valence-electron chi connectivity index (χ3n) is 2.47. The molecule has 46 valence electrons. The molecule has 1 aliphatic carbocycles. The van der Waals surface area contributed by atoms with Gasteiger partial charge >= 0.3 is 0 Å². The van der Waals surface area contributed by atoms with Crippen LogP contribution in [0.3, 0.4) is 0 Å². The average Bonchev–Trinajstić information content (AvgIpc) is 2.38. The highest BCUT2D eigenvalue weighted by molar-refractivity contribution is 5.06. The first kappa shape index (κ1) is 4.77. The van der Waals surface area contributed by atoms with Crippen LogP contribution >= 0.6 is 0 Å². The van der Waals surface area contributed by atoms with Crippen LogP contribution in [0.5, 0.6) is 0 Å². The van der Waals surface area contributed by atoms with Crippen LogP contribution in [0.2, 0.25) is 0 Å². The van der Waals surface area contributed by atoms with E-state index in [9.17, 15) is 0 Å². The Kier molecular flexibility index (Phi) is 0.746. The summed E-state index contributed by atoms with van der Waals surface area (Å²) in [4.78, 5) is 0. The van der Waals surface area contributed by atoms with Crippen molar-refractivity contribution in [3.05, 3.63) is 0 Å². The van der Waals surface area contributed by atoms with Crippen molar-refractivity contribution in [3.63, 3.8) is 0 Å². The molecule has 2 fully saturated rings. The monoisotopic (exact) mass is 113 g/mol. The van der Waals surface area contributed by atoms with E-state index in [1.807, 2.05) is 0 Å². The molecule has 2 atom stereocenters. The summed E-state index contributed by atoms with van der Waals surface area (Å²) in [6.45, 7) is 2.73. The van der Waals surface area contributed by atoms with Crippen molar-refractivity contribution in [2.24, 2.45) is 17.1 Å². The number of hydrogen-bond acceptors (Lipinski definition) is 2. The van der Waals surface area contributed by atoms with Crippen molar-refractivity contribution in [2.75, 3.05) is 19.8 Å². The normalized spacial score (nSPS) is 51.4. The predicted molar refractivity (Wildman–Crippen MR) is 30.4 cm³/mol. The summed E-state index contributed by atoms with van der Waals surface area (Å²) < 4.78 is 5.22. The molecule has 0 aromatic carbocycles. The van der Waals surface area contributed by atoms with Gasteiger partial charge < -0.3 is 10.5 Å². The molecule has 0 bridgehead atoms. The van der Waals surface area contributed by atoms with Crippen LogP contribution in [-0.4, -0.2) is 19.8 Å². The summed E-state index contributed by atoms with van der Waals surface area (Å²) in [6.07, 6.45) is 1.32. The SMILES string of the molecule is NC[C@@]12COC[C@H]1C2. The third kappa shape index (κ3) is 0.400. The van der Waals surface area contributed by atoms with E-state index >= 15 is 0 Å². The fourth-order valence-electron chi connectivity index (χ4n) is 1.56. The summed E-state index contributed by atoms with van der Waals surface area (Å²) in [6, 6.07) is 0. The van der Waals surface area contributed by atoms with Crippen molar-refractivity contribution in [1.29, 1.82) is 0 Å². The van der Waals surface area contributed by atoms with Crippen LogP contribution in [-0.2, 0) is 4.74 Å². The molecule has 2 nitrogen and oxygen atoms in total. The summed E-state index contributed by atoms with van der Waals surface area (Å²) in [7, 11) is 0. The summed E-state index contributed by atoms with van der Waals surface area (Å²) >= 11 is 0. The van der Waals surface area contributed by atoms with Crippen LogP contribution in [0.1, 0.15) is 6.42 Å². The summed E-state index contributed by atoms with van der Waals surface area (Å²) in [5.74, 6) is 0.826. The Labute approximate surface area is 49.0 Å². The molecule has 0 radical (unpaired) electrons. The first-order valence-corrected chi connectivity index (χ1v) is 3.15. The van der Waals surface area contributed by atoms with Crippen molar-refractivity contribution in [1.82, 2.24) is 0 Å². The second kappa shape index (κ2) is 1.25. The molecule has 2 N–H and O–H groups in total. The first-order chi connectivity index (χ1) is 3.87. The maximum absolute atomic E-state index is 5.53. The van der Waals surface area contributed by atoms with Crippen molar-refractivity contribution in [3.8, 4) is 0 Å². The average molecular weight is 113 g/mol. The van der Waals surface area contributed by atoms with Gasteiger partial charge in [-0.3, -0.25) is 0 Å². The Hall–Kier alpha value is -0.0800. The maximum Gasteiger partial charge on any atom is 0.0538 e. The highest BCUT2D eigenvalue weighted by Gasteiger charge is 2.56. The van der Waals surface area contributed by atoms with Crippen molar-refractivity contribution in [2.45, 2.75) is 6.42 Å². The Balaban J connectivity index is 2.08. The van der Waals surface area contributed by atoms with Gasteiger partial charge in [-0.25, -0.2) is 0 Å². The van der Waals surface area contributed by atoms with Crippen LogP contribution < -0.4 is 5.73 Å². The fourth-order valence-corrected chi connectivity index (χ4v) is 1.56. The zero-order valence-corrected chi connectivity index (χ0v) is 4.89. The molecule has 2 rings (SSSR count). The number of hydrogen-bond donors (Lipinski definition) is 1. The van der Waals surface area contributed by atoms with E-state index in [2.05, 4.69) is 0 Å². The molecule has 1 heterocycles. The van der Waals surface area contributed by atoms with Crippen molar-refractivity contribution < 1.29 is 4.74 Å². The molecule has 2 aliphatic rings. The standard InChI is InChI=1S/C6H11NO/c7-3-6-1-5(6)2-8-4-6/h5H,1-4,7H2/t5-,6+/m1/s1. The van der Waals surface area contributed by atoms with Gasteiger partial charge in [-0.1, -0.05) is 0 Å². The Morgan fingerprint density at radius 1 is 1.75 bits per heavy atom. The van der Waals surface area contributed by atoms with Gasteiger partial charge in [-0.2, -0.15) is 0 Å². The minimum absolute atomic E-state index is 0.458. The molecule has 1 saturated heterocycles. The van der Waals surface area contributed by atoms with E-state index in [-0.39, 0.29) is 0 Å². The second-order valence-corrected chi connectivity index (χ2v) is 2.98. The molecule has 0 spiro atoms. The number of rotatable bonds is 1. The molecule has 0 aromatic heterocycles. The lowest BCUT2D eigenvalue weighted by Gasteiger charge is -2.03. The Morgan fingerprint density at radius 2 is 2.62 bits per heavy atom. The molecule has 0 amide bonds. The van der Waals surface area contributed by atoms with E-state index in [4.69, 9.17) is 10.5 Å². The van der Waals surface area contributed by atoms with Gasteiger partial charge in [0, 0.05) is 12.0 Å². The largest absolute Gasteiger partial charge is 0.380 e. The van der Waals surface area contributed by atoms with E-state index in [0.717, 1.165) is 25.7 Å². The molecular weight excluding hydrogens is 102 g/mol. The number of fused-ring (bicyclic) bond motifs is 1. The third-order valence-corrected chi connectivity index (χ3v) is 2.47. The summed E-state index contributed by atoms with van der Waals surface area (Å²) in [5.41, 5.74) is 5.99. The molecule has 0 unspecified atom stereocenters. The summed E-state index contributed by atoms with van der Waals surface area (Å²) in [5, 5.41) is 0. The molecule has 1 saturated carbocycles. The zero-order valence-electron chi connectivity index (χ0n) is 4.89. The minimum atomic E-state index is 0.458. The van der Waals surface area contributed by atoms with Gasteiger partial charge in [0.1, 0.15) is 0 Å². The first-order valence-electron chi connectivity index (χ1n) is 3.15. The minimum Gasteiger partial charge on any atom is -0.380 e. The predicted octanol–water partition coefficient (Wildman–Crippen LogP) is -0.0184. The Morgan fingerprint density at radius 3 is 2.88 bits per heavy atom. The van der Waals surface area contributed by atoms with E-state index in [1.165, 1.54) is 6.42 Å². The Bertz CT molecular complexity index is 111. The van der Waals surface area contributed by atoms with Gasteiger partial charge in [0.2, 0.25) is 0 Å². The van der Waals surface area contributed by atoms with Crippen molar-refractivity contribution >= 4 is 0 Å². The fraction of sp³-hybridized carbons (Fsp3) is 1.00. The second-order valence-electron chi connectivity index (χ2n) is 2.98. The lowest BCUT2D eigenvalue weighted by atomic mass is 10.1. The van der Waals surface area contributed by atoms with Crippen LogP contribution in [0.4, 0.5) is 0 Å². The molecular formula is C6H11NO. The lowest BCUT2D eigenvalue weighted by molar-refractivity contribution is 0.148. The zero-order chi connectivity index (χ0) is 5.61. The van der Waals surface area contributed by atoms with Gasteiger partial charge in [-0.05, 0) is 12.3 Å². The molecule has 2 heteroatoms. The smallest absolute Gasteiger partial charge is 0.0538 e. The highest BCUT2D eigenvalue weighted by atomic mass is 16.5. The lowest BCUT2D eigenvalue weighted by Crippen LogP contribution is -2.18. The van der Waals surface area contributed by atoms with Crippen LogP contribution in [0.25, 0.3) is 0 Å². The maximum atomic E-state index is 5.53. The molecule has 0 aromatic rings. The van der Waals surface area contributed by atoms with E-state index in [0.29, 0.717) is 5.41 Å². The quantitative estimate of drug-likeness (QED) is 0.518.